The van der Waals surface area contributed by atoms with Gasteiger partial charge in [-0.15, -0.1) is 0 Å². The highest BCUT2D eigenvalue weighted by Gasteiger charge is 2.18. The van der Waals surface area contributed by atoms with Crippen LogP contribution in [0.1, 0.15) is 10.6 Å². The second kappa shape index (κ2) is 4.93. The number of hydrogen-bond acceptors (Lipinski definition) is 4. The summed E-state index contributed by atoms with van der Waals surface area (Å²) in [4.78, 5) is 26.4. The molecule has 0 amide bonds. The van der Waals surface area contributed by atoms with Crippen LogP contribution < -0.4 is 0 Å². The van der Waals surface area contributed by atoms with Crippen molar-refractivity contribution in [3.63, 3.8) is 0 Å². The number of aromatic carboxylic acids is 1. The first-order valence-electron chi connectivity index (χ1n) is 5.92. The molecular formula is C14H10N4O2. The number of nitrogens with one attached hydrogen (secondary N) is 1. The van der Waals surface area contributed by atoms with E-state index in [1.807, 2.05) is 12.1 Å². The Labute approximate surface area is 114 Å². The Balaban J connectivity index is 2.20. The number of H-pyrrole nitrogens is 1. The lowest BCUT2D eigenvalue weighted by molar-refractivity contribution is 0.0685. The number of nitrogens with zero attached hydrogens (tertiary/aromatic N) is 3. The van der Waals surface area contributed by atoms with Gasteiger partial charge in [-0.2, -0.15) is 0 Å². The van der Waals surface area contributed by atoms with Gasteiger partial charge in [0.2, 0.25) is 5.82 Å². The van der Waals surface area contributed by atoms with Gasteiger partial charge >= 0.3 is 5.97 Å². The molecule has 0 radical (unpaired) electrons. The fourth-order valence-corrected chi connectivity index (χ4v) is 1.86. The third-order valence-electron chi connectivity index (χ3n) is 2.73. The summed E-state index contributed by atoms with van der Waals surface area (Å²) in [6.07, 6.45) is 3.27. The minimum atomic E-state index is -1.12. The molecule has 0 saturated carbocycles. The first-order valence-corrected chi connectivity index (χ1v) is 5.92. The third-order valence-corrected chi connectivity index (χ3v) is 2.73. The first-order chi connectivity index (χ1) is 9.75. The zero-order chi connectivity index (χ0) is 13.9. The molecule has 3 heterocycles. The molecule has 0 spiro atoms. The van der Waals surface area contributed by atoms with Crippen LogP contribution in [0.4, 0.5) is 0 Å². The van der Waals surface area contributed by atoms with Crippen LogP contribution in [-0.4, -0.2) is 31.0 Å². The average molecular weight is 266 g/mol. The maximum Gasteiger partial charge on any atom is 0.371 e. The number of aromatic nitrogens is 4. The van der Waals surface area contributed by atoms with Gasteiger partial charge in [-0.1, -0.05) is 12.1 Å². The number of pyridine rings is 2. The van der Waals surface area contributed by atoms with Crippen LogP contribution in [0, 0.1) is 0 Å². The summed E-state index contributed by atoms with van der Waals surface area (Å²) in [6.45, 7) is 0. The molecule has 0 fully saturated rings. The molecule has 2 N–H and O–H groups in total. The van der Waals surface area contributed by atoms with Gasteiger partial charge in [-0.05, 0) is 24.3 Å². The smallest absolute Gasteiger partial charge is 0.371 e. The summed E-state index contributed by atoms with van der Waals surface area (Å²) in [6, 6.07) is 10.8. The summed E-state index contributed by atoms with van der Waals surface area (Å²) < 4.78 is 0. The molecule has 3 aromatic heterocycles. The van der Waals surface area contributed by atoms with Crippen molar-refractivity contribution in [1.29, 1.82) is 0 Å². The van der Waals surface area contributed by atoms with Crippen LogP contribution in [0.15, 0.2) is 48.8 Å². The maximum atomic E-state index is 11.1. The zero-order valence-electron chi connectivity index (χ0n) is 10.3. The number of carbonyl (C=O) groups is 1. The predicted octanol–water partition coefficient (Wildman–Crippen LogP) is 2.23. The van der Waals surface area contributed by atoms with Gasteiger partial charge in [0.1, 0.15) is 5.69 Å². The van der Waals surface area contributed by atoms with Crippen LogP contribution >= 0.6 is 0 Å². The predicted molar refractivity (Wildman–Crippen MR) is 72.0 cm³/mol. The van der Waals surface area contributed by atoms with E-state index in [1.54, 1.807) is 36.7 Å². The summed E-state index contributed by atoms with van der Waals surface area (Å²) in [7, 11) is 0. The Morgan fingerprint density at radius 3 is 2.20 bits per heavy atom. The van der Waals surface area contributed by atoms with E-state index >= 15 is 0 Å². The second-order valence-electron chi connectivity index (χ2n) is 4.04. The molecule has 0 unspecified atom stereocenters. The summed E-state index contributed by atoms with van der Waals surface area (Å²) in [5, 5.41) is 9.08. The normalized spacial score (nSPS) is 10.4. The number of hydrogen-bond donors (Lipinski definition) is 2. The zero-order valence-corrected chi connectivity index (χ0v) is 10.3. The Bertz CT molecular complexity index is 681. The molecule has 0 aliphatic carbocycles. The SMILES string of the molecule is O=C(O)c1nc(-c2ccccn2)c(-c2ccccn2)[nH]1. The fourth-order valence-electron chi connectivity index (χ4n) is 1.86. The highest BCUT2D eigenvalue weighted by Crippen LogP contribution is 2.27. The van der Waals surface area contributed by atoms with Gasteiger partial charge in [0, 0.05) is 12.4 Å². The van der Waals surface area contributed by atoms with Crippen molar-refractivity contribution in [2.75, 3.05) is 0 Å². The molecule has 6 heteroatoms. The van der Waals surface area contributed by atoms with Gasteiger partial charge < -0.3 is 10.1 Å². The van der Waals surface area contributed by atoms with Gasteiger partial charge in [0.15, 0.2) is 0 Å². The average Bonchev–Trinajstić information content (AvgIpc) is 2.94. The summed E-state index contributed by atoms with van der Waals surface area (Å²) in [5.74, 6) is -1.25. The highest BCUT2D eigenvalue weighted by atomic mass is 16.4. The van der Waals surface area contributed by atoms with E-state index in [0.29, 0.717) is 22.8 Å². The van der Waals surface area contributed by atoms with Gasteiger partial charge in [-0.3, -0.25) is 9.97 Å². The van der Waals surface area contributed by atoms with Crippen LogP contribution in [0.25, 0.3) is 22.8 Å². The maximum absolute atomic E-state index is 11.1. The molecule has 0 bridgehead atoms. The van der Waals surface area contributed by atoms with Crippen molar-refractivity contribution in [2.45, 2.75) is 0 Å². The lowest BCUT2D eigenvalue weighted by atomic mass is 10.2. The van der Waals surface area contributed by atoms with E-state index in [4.69, 9.17) is 5.11 Å². The largest absolute Gasteiger partial charge is 0.475 e. The quantitative estimate of drug-likeness (QED) is 0.758. The molecule has 0 aliphatic heterocycles. The van der Waals surface area contributed by atoms with E-state index in [2.05, 4.69) is 19.9 Å². The molecule has 6 nitrogen and oxygen atoms in total. The molecule has 98 valence electrons. The minimum absolute atomic E-state index is 0.133. The topological polar surface area (TPSA) is 91.8 Å². The fraction of sp³-hybridized carbons (Fsp3) is 0. The van der Waals surface area contributed by atoms with Crippen LogP contribution in [0.3, 0.4) is 0 Å². The van der Waals surface area contributed by atoms with E-state index in [0.717, 1.165) is 0 Å². The van der Waals surface area contributed by atoms with Crippen LogP contribution in [0.5, 0.6) is 0 Å². The molecule has 0 aliphatic rings. The number of rotatable bonds is 3. The van der Waals surface area contributed by atoms with Crippen LogP contribution in [-0.2, 0) is 0 Å². The van der Waals surface area contributed by atoms with E-state index in [-0.39, 0.29) is 5.82 Å². The van der Waals surface area contributed by atoms with Crippen molar-refractivity contribution >= 4 is 5.97 Å². The number of carboxylic acids is 1. The number of carboxylic acid groups (broad SMARTS) is 1. The van der Waals surface area contributed by atoms with Crippen LogP contribution in [0.2, 0.25) is 0 Å². The molecule has 0 saturated heterocycles. The van der Waals surface area contributed by atoms with Gasteiger partial charge in [-0.25, -0.2) is 9.78 Å². The second-order valence-corrected chi connectivity index (χ2v) is 4.04. The Morgan fingerprint density at radius 2 is 1.65 bits per heavy atom. The lowest BCUT2D eigenvalue weighted by Gasteiger charge is -2.00. The number of aromatic amines is 1. The van der Waals surface area contributed by atoms with E-state index in [1.165, 1.54) is 0 Å². The van der Waals surface area contributed by atoms with Crippen molar-refractivity contribution in [1.82, 2.24) is 19.9 Å². The monoisotopic (exact) mass is 266 g/mol. The summed E-state index contributed by atoms with van der Waals surface area (Å²) in [5.41, 5.74) is 2.23. The van der Waals surface area contributed by atoms with Crippen molar-refractivity contribution in [3.8, 4) is 22.8 Å². The Kier molecular flexibility index (Phi) is 2.96. The van der Waals surface area contributed by atoms with Crippen molar-refractivity contribution < 1.29 is 9.90 Å². The lowest BCUT2D eigenvalue weighted by Crippen LogP contribution is -1.98. The first kappa shape index (κ1) is 12.0. The molecular weight excluding hydrogens is 256 g/mol. The van der Waals surface area contributed by atoms with Crippen molar-refractivity contribution in [3.05, 3.63) is 54.6 Å². The van der Waals surface area contributed by atoms with E-state index < -0.39 is 5.97 Å². The molecule has 0 aromatic carbocycles. The van der Waals surface area contributed by atoms with Gasteiger partial charge in [0.25, 0.3) is 0 Å². The Hall–Kier alpha value is -3.02. The minimum Gasteiger partial charge on any atom is -0.475 e. The third kappa shape index (κ3) is 2.14. The highest BCUT2D eigenvalue weighted by molar-refractivity contribution is 5.87. The summed E-state index contributed by atoms with van der Waals surface area (Å²) >= 11 is 0. The Morgan fingerprint density at radius 1 is 1.00 bits per heavy atom. The van der Waals surface area contributed by atoms with Gasteiger partial charge in [0.05, 0.1) is 17.1 Å². The molecule has 3 rings (SSSR count). The molecule has 20 heavy (non-hydrogen) atoms. The molecule has 0 atom stereocenters. The number of imidazole rings is 1. The van der Waals surface area contributed by atoms with Crippen molar-refractivity contribution in [2.24, 2.45) is 0 Å². The standard InChI is InChI=1S/C14H10N4O2/c19-14(20)13-17-11(9-5-1-3-7-15-9)12(18-13)10-6-2-4-8-16-10/h1-8H,(H,17,18)(H,19,20). The molecule has 3 aromatic rings. The van der Waals surface area contributed by atoms with E-state index in [9.17, 15) is 4.79 Å².